The molecule has 0 spiro atoms. The van der Waals surface area contributed by atoms with Crippen molar-refractivity contribution in [1.29, 1.82) is 0 Å². The van der Waals surface area contributed by atoms with E-state index in [1.165, 1.54) is 25.1 Å². The summed E-state index contributed by atoms with van der Waals surface area (Å²) in [6.07, 6.45) is 1.91. The van der Waals surface area contributed by atoms with Crippen molar-refractivity contribution >= 4 is 27.3 Å². The fourth-order valence-corrected chi connectivity index (χ4v) is 2.83. The average molecular weight is 312 g/mol. The first-order valence-corrected chi connectivity index (χ1v) is 8.20. The van der Waals surface area contributed by atoms with Crippen LogP contribution in [0.1, 0.15) is 43.5 Å². The Kier molecular flexibility index (Phi) is 5.62. The normalized spacial score (nSPS) is 12.9. The van der Waals surface area contributed by atoms with Gasteiger partial charge in [0.1, 0.15) is 5.78 Å². The number of Topliss-reactive ketones (excluding diaryl/α,β-unsaturated/α-hetero) is 2. The van der Waals surface area contributed by atoms with Crippen molar-refractivity contribution < 1.29 is 18.0 Å². The van der Waals surface area contributed by atoms with Crippen molar-refractivity contribution in [2.75, 3.05) is 5.73 Å². The molecule has 1 unspecified atom stereocenters. The van der Waals surface area contributed by atoms with Gasteiger partial charge < -0.3 is 5.73 Å². The lowest BCUT2D eigenvalue weighted by molar-refractivity contribution is -0.119. The summed E-state index contributed by atoms with van der Waals surface area (Å²) in [7, 11) is -4.06. The summed E-state index contributed by atoms with van der Waals surface area (Å²) < 4.78 is 23.2. The quantitative estimate of drug-likeness (QED) is 0.449. The number of carbonyl (C=O) groups is 2. The second kappa shape index (κ2) is 6.82. The molecular weight excluding hydrogens is 292 g/mol. The molecule has 0 aliphatic rings. The van der Waals surface area contributed by atoms with Gasteiger partial charge in [-0.2, -0.15) is 0 Å². The van der Waals surface area contributed by atoms with Crippen molar-refractivity contribution in [2.45, 2.75) is 38.0 Å². The number of unbranched alkanes of at least 4 members (excludes halogenated alkanes) is 1. The van der Waals surface area contributed by atoms with Crippen LogP contribution in [-0.2, 0) is 14.8 Å². The number of anilines is 1. The minimum atomic E-state index is -4.06. The lowest BCUT2D eigenvalue weighted by Gasteiger charge is -2.15. The summed E-state index contributed by atoms with van der Waals surface area (Å²) >= 11 is 0. The molecule has 0 bridgehead atoms. The molecule has 7 heteroatoms. The molecule has 0 aliphatic carbocycles. The number of nitrogens with two attached hydrogens (primary N) is 2. The van der Waals surface area contributed by atoms with E-state index in [1.54, 1.807) is 0 Å². The molecule has 4 N–H and O–H groups in total. The molecule has 0 saturated heterocycles. The van der Waals surface area contributed by atoms with E-state index in [2.05, 4.69) is 0 Å². The summed E-state index contributed by atoms with van der Waals surface area (Å²) in [6.45, 7) is 3.26. The Labute approximate surface area is 124 Å². The topological polar surface area (TPSA) is 120 Å². The van der Waals surface area contributed by atoms with Gasteiger partial charge in [0.25, 0.3) is 0 Å². The van der Waals surface area contributed by atoms with Crippen LogP contribution in [0.5, 0.6) is 0 Å². The third kappa shape index (κ3) is 4.37. The number of rotatable bonds is 7. The summed E-state index contributed by atoms with van der Waals surface area (Å²) in [5.74, 6) is -1.71. The third-order valence-electron chi connectivity index (χ3n) is 3.23. The Bertz CT molecular complexity index is 653. The van der Waals surface area contributed by atoms with E-state index in [9.17, 15) is 18.0 Å². The van der Waals surface area contributed by atoms with Crippen molar-refractivity contribution in [3.8, 4) is 0 Å². The van der Waals surface area contributed by atoms with Gasteiger partial charge in [-0.05, 0) is 31.5 Å². The molecule has 0 saturated carbocycles. The largest absolute Gasteiger partial charge is 0.399 e. The summed E-state index contributed by atoms with van der Waals surface area (Å²) in [5, 5.41) is 5.12. The van der Waals surface area contributed by atoms with E-state index in [1.807, 2.05) is 6.92 Å². The summed E-state index contributed by atoms with van der Waals surface area (Å²) in [5.41, 5.74) is 5.73. The van der Waals surface area contributed by atoms with E-state index in [4.69, 9.17) is 10.9 Å². The van der Waals surface area contributed by atoms with Gasteiger partial charge in [-0.15, -0.1) is 0 Å². The van der Waals surface area contributed by atoms with Crippen LogP contribution in [0.2, 0.25) is 0 Å². The van der Waals surface area contributed by atoms with E-state index >= 15 is 0 Å². The van der Waals surface area contributed by atoms with Gasteiger partial charge >= 0.3 is 0 Å². The van der Waals surface area contributed by atoms with Crippen LogP contribution in [0.4, 0.5) is 5.69 Å². The first kappa shape index (κ1) is 17.3. The fourth-order valence-electron chi connectivity index (χ4n) is 2.10. The van der Waals surface area contributed by atoms with Crippen LogP contribution in [0, 0.1) is 5.92 Å². The monoisotopic (exact) mass is 312 g/mol. The molecule has 0 fully saturated rings. The van der Waals surface area contributed by atoms with Crippen molar-refractivity contribution in [3.63, 3.8) is 0 Å². The number of sulfonamides is 1. The minimum Gasteiger partial charge on any atom is -0.399 e. The molecule has 1 atom stereocenters. The molecule has 21 heavy (non-hydrogen) atoms. The Morgan fingerprint density at radius 3 is 2.38 bits per heavy atom. The van der Waals surface area contributed by atoms with Gasteiger partial charge in [0.05, 0.1) is 10.8 Å². The van der Waals surface area contributed by atoms with Crippen LogP contribution in [-0.4, -0.2) is 20.0 Å². The van der Waals surface area contributed by atoms with Crippen molar-refractivity contribution in [3.05, 3.63) is 23.8 Å². The second-order valence-corrected chi connectivity index (χ2v) is 6.50. The number of benzene rings is 1. The number of primary sulfonamides is 1. The molecule has 0 aliphatic heterocycles. The zero-order chi connectivity index (χ0) is 16.2. The number of carbonyl (C=O) groups excluding carboxylic acids is 2. The van der Waals surface area contributed by atoms with E-state index in [-0.39, 0.29) is 21.9 Å². The van der Waals surface area contributed by atoms with Crippen molar-refractivity contribution in [2.24, 2.45) is 11.1 Å². The number of hydrogen-bond donors (Lipinski definition) is 2. The highest BCUT2D eigenvalue weighted by molar-refractivity contribution is 7.89. The maximum absolute atomic E-state index is 12.5. The maximum atomic E-state index is 12.5. The van der Waals surface area contributed by atoms with Crippen LogP contribution < -0.4 is 10.9 Å². The highest BCUT2D eigenvalue weighted by Gasteiger charge is 2.28. The Morgan fingerprint density at radius 1 is 1.29 bits per heavy atom. The molecule has 1 rings (SSSR count). The number of hydrogen-bond acceptors (Lipinski definition) is 5. The first-order chi connectivity index (χ1) is 9.68. The highest BCUT2D eigenvalue weighted by Crippen LogP contribution is 2.24. The van der Waals surface area contributed by atoms with Gasteiger partial charge in [0.2, 0.25) is 10.0 Å². The van der Waals surface area contributed by atoms with Gasteiger partial charge in [0.15, 0.2) is 5.78 Å². The number of nitrogen functional groups attached to an aromatic ring is 1. The zero-order valence-electron chi connectivity index (χ0n) is 12.1. The molecule has 0 amide bonds. The molecule has 0 aromatic heterocycles. The lowest BCUT2D eigenvalue weighted by atomic mass is 9.89. The first-order valence-electron chi connectivity index (χ1n) is 6.65. The van der Waals surface area contributed by atoms with Crippen LogP contribution >= 0.6 is 0 Å². The molecule has 1 aromatic rings. The van der Waals surface area contributed by atoms with E-state index in [0.29, 0.717) is 12.8 Å². The molecule has 1 aromatic carbocycles. The predicted molar refractivity (Wildman–Crippen MR) is 80.3 cm³/mol. The van der Waals surface area contributed by atoms with Crippen LogP contribution in [0.3, 0.4) is 0 Å². The van der Waals surface area contributed by atoms with Gasteiger partial charge in [-0.1, -0.05) is 19.8 Å². The third-order valence-corrected chi connectivity index (χ3v) is 4.20. The fraction of sp³-hybridized carbons (Fsp3) is 0.429. The van der Waals surface area contributed by atoms with Crippen LogP contribution in [0.15, 0.2) is 23.1 Å². The average Bonchev–Trinajstić information content (AvgIpc) is 2.37. The number of ketones is 2. The molecule has 116 valence electrons. The van der Waals surface area contributed by atoms with E-state index < -0.39 is 21.7 Å². The lowest BCUT2D eigenvalue weighted by Crippen LogP contribution is -2.25. The zero-order valence-corrected chi connectivity index (χ0v) is 12.9. The van der Waals surface area contributed by atoms with Gasteiger partial charge in [-0.3, -0.25) is 9.59 Å². The molecule has 0 heterocycles. The maximum Gasteiger partial charge on any atom is 0.238 e. The second-order valence-electron chi connectivity index (χ2n) is 4.97. The van der Waals surface area contributed by atoms with Gasteiger partial charge in [0, 0.05) is 11.3 Å². The standard InChI is InChI=1S/C14H20N2O4S/c1-3-4-5-11(9(2)17)14(18)12-8-10(15)6-7-13(12)21(16,19)20/h6-8,11H,3-5,15H2,1-2H3,(H2,16,19,20). The predicted octanol–water partition coefficient (Wildman–Crippen LogP) is 1.49. The molecule has 0 radical (unpaired) electrons. The summed E-state index contributed by atoms with van der Waals surface area (Å²) in [6, 6.07) is 3.80. The Hall–Kier alpha value is -1.73. The Morgan fingerprint density at radius 2 is 1.90 bits per heavy atom. The van der Waals surface area contributed by atoms with Crippen molar-refractivity contribution in [1.82, 2.24) is 0 Å². The highest BCUT2D eigenvalue weighted by atomic mass is 32.2. The van der Waals surface area contributed by atoms with Gasteiger partial charge in [-0.25, -0.2) is 13.6 Å². The van der Waals surface area contributed by atoms with E-state index in [0.717, 1.165) is 6.42 Å². The summed E-state index contributed by atoms with van der Waals surface area (Å²) in [4.78, 5) is 23.9. The molecule has 6 nitrogen and oxygen atoms in total. The Balaban J connectivity index is 3.33. The molecular formula is C14H20N2O4S. The minimum absolute atomic E-state index is 0.117. The van der Waals surface area contributed by atoms with Crippen LogP contribution in [0.25, 0.3) is 0 Å². The smallest absolute Gasteiger partial charge is 0.238 e. The SMILES string of the molecule is CCCCC(C(C)=O)C(=O)c1cc(N)ccc1S(N)(=O)=O.